The Labute approximate surface area is 146 Å². The van der Waals surface area contributed by atoms with Crippen LogP contribution in [0, 0.1) is 12.7 Å². The molecule has 0 fully saturated rings. The van der Waals surface area contributed by atoms with Crippen LogP contribution in [0.4, 0.5) is 4.39 Å². The Kier molecular flexibility index (Phi) is 4.88. The number of fused-ring (bicyclic) bond motifs is 1. The molecule has 0 bridgehead atoms. The number of H-pyrrole nitrogens is 1. The Bertz CT molecular complexity index is 894. The summed E-state index contributed by atoms with van der Waals surface area (Å²) in [5.74, 6) is 0.963. The molecule has 3 rings (SSSR count). The van der Waals surface area contributed by atoms with E-state index in [0.29, 0.717) is 18.2 Å². The Morgan fingerprint density at radius 2 is 2.20 bits per heavy atom. The lowest BCUT2D eigenvalue weighted by Crippen LogP contribution is -2.26. The highest BCUT2D eigenvalue weighted by Gasteiger charge is 2.15. The van der Waals surface area contributed by atoms with Gasteiger partial charge in [0, 0.05) is 42.3 Å². The van der Waals surface area contributed by atoms with Crippen molar-refractivity contribution in [2.75, 3.05) is 6.54 Å². The number of aromatic amines is 1. The van der Waals surface area contributed by atoms with Gasteiger partial charge in [0.1, 0.15) is 17.3 Å². The standard InChI is InChI=1S/C19H23FN4O/c1-12(2)18-21-8-10-24(18)9-4-7-22-19(25)17-13(3)15-11-14(20)5-6-16(15)23-17/h5-6,8,10-12,23H,4,7,9H2,1-3H3,(H,22,25). The van der Waals surface area contributed by atoms with E-state index in [1.807, 2.05) is 13.1 Å². The largest absolute Gasteiger partial charge is 0.351 e. The first-order chi connectivity index (χ1) is 12.0. The van der Waals surface area contributed by atoms with Crippen LogP contribution in [0.3, 0.4) is 0 Å². The van der Waals surface area contributed by atoms with Crippen molar-refractivity contribution in [2.45, 2.75) is 39.7 Å². The van der Waals surface area contributed by atoms with E-state index in [2.05, 4.69) is 33.7 Å². The highest BCUT2D eigenvalue weighted by Crippen LogP contribution is 2.22. The fraction of sp³-hybridized carbons (Fsp3) is 0.368. The average molecular weight is 342 g/mol. The molecular weight excluding hydrogens is 319 g/mol. The highest BCUT2D eigenvalue weighted by atomic mass is 19.1. The number of hydrogen-bond donors (Lipinski definition) is 2. The number of amides is 1. The van der Waals surface area contributed by atoms with Crippen LogP contribution in [-0.4, -0.2) is 27.0 Å². The van der Waals surface area contributed by atoms with E-state index in [-0.39, 0.29) is 11.7 Å². The summed E-state index contributed by atoms with van der Waals surface area (Å²) in [4.78, 5) is 19.8. The zero-order chi connectivity index (χ0) is 18.0. The van der Waals surface area contributed by atoms with E-state index in [0.717, 1.165) is 35.3 Å². The number of rotatable bonds is 6. The van der Waals surface area contributed by atoms with Gasteiger partial charge in [-0.3, -0.25) is 4.79 Å². The van der Waals surface area contributed by atoms with Gasteiger partial charge in [-0.1, -0.05) is 13.8 Å². The maximum absolute atomic E-state index is 13.4. The van der Waals surface area contributed by atoms with Crippen LogP contribution >= 0.6 is 0 Å². The summed E-state index contributed by atoms with van der Waals surface area (Å²) in [5, 5.41) is 3.67. The topological polar surface area (TPSA) is 62.7 Å². The number of carbonyl (C=O) groups excluding carboxylic acids is 1. The Balaban J connectivity index is 1.60. The summed E-state index contributed by atoms with van der Waals surface area (Å²) in [6, 6.07) is 4.49. The summed E-state index contributed by atoms with van der Waals surface area (Å²) >= 11 is 0. The van der Waals surface area contributed by atoms with Crippen LogP contribution in [-0.2, 0) is 6.54 Å². The predicted molar refractivity (Wildman–Crippen MR) is 96.3 cm³/mol. The highest BCUT2D eigenvalue weighted by molar-refractivity contribution is 6.00. The van der Waals surface area contributed by atoms with Crippen molar-refractivity contribution in [3.8, 4) is 0 Å². The molecule has 0 aliphatic carbocycles. The molecule has 1 aromatic carbocycles. The lowest BCUT2D eigenvalue weighted by atomic mass is 10.1. The quantitative estimate of drug-likeness (QED) is 0.670. The Hall–Kier alpha value is -2.63. The average Bonchev–Trinajstić information content (AvgIpc) is 3.17. The summed E-state index contributed by atoms with van der Waals surface area (Å²) in [7, 11) is 0. The van der Waals surface area contributed by atoms with E-state index >= 15 is 0 Å². The van der Waals surface area contributed by atoms with Crippen molar-refractivity contribution >= 4 is 16.8 Å². The van der Waals surface area contributed by atoms with Gasteiger partial charge in [0.25, 0.3) is 5.91 Å². The number of nitrogens with zero attached hydrogens (tertiary/aromatic N) is 2. The molecule has 2 aromatic heterocycles. The van der Waals surface area contributed by atoms with E-state index in [1.165, 1.54) is 12.1 Å². The Morgan fingerprint density at radius 1 is 1.40 bits per heavy atom. The van der Waals surface area contributed by atoms with Crippen LogP contribution in [0.25, 0.3) is 10.9 Å². The number of halogens is 1. The number of aromatic nitrogens is 3. The molecule has 0 atom stereocenters. The van der Waals surface area contributed by atoms with Crippen molar-refractivity contribution in [1.29, 1.82) is 0 Å². The normalized spacial score (nSPS) is 11.4. The van der Waals surface area contributed by atoms with Gasteiger partial charge in [-0.2, -0.15) is 0 Å². The number of carbonyl (C=O) groups is 1. The summed E-state index contributed by atoms with van der Waals surface area (Å²) in [6.45, 7) is 7.43. The molecule has 0 aliphatic heterocycles. The second-order valence-corrected chi connectivity index (χ2v) is 6.56. The molecule has 2 N–H and O–H groups in total. The lowest BCUT2D eigenvalue weighted by Gasteiger charge is -2.10. The summed E-state index contributed by atoms with van der Waals surface area (Å²) < 4.78 is 15.5. The van der Waals surface area contributed by atoms with Crippen LogP contribution in [0.15, 0.2) is 30.6 Å². The zero-order valence-corrected chi connectivity index (χ0v) is 14.8. The zero-order valence-electron chi connectivity index (χ0n) is 14.8. The number of hydrogen-bond acceptors (Lipinski definition) is 2. The molecule has 2 heterocycles. The van der Waals surface area contributed by atoms with Crippen molar-refractivity contribution in [3.05, 3.63) is 53.5 Å². The lowest BCUT2D eigenvalue weighted by molar-refractivity contribution is 0.0948. The van der Waals surface area contributed by atoms with Gasteiger partial charge in [0.15, 0.2) is 0 Å². The fourth-order valence-corrected chi connectivity index (χ4v) is 3.08. The summed E-state index contributed by atoms with van der Waals surface area (Å²) in [6.07, 6.45) is 4.59. The number of imidazole rings is 1. The molecule has 1 amide bonds. The molecule has 0 radical (unpaired) electrons. The van der Waals surface area contributed by atoms with E-state index in [9.17, 15) is 9.18 Å². The van der Waals surface area contributed by atoms with Crippen molar-refractivity contribution in [3.63, 3.8) is 0 Å². The number of aryl methyl sites for hydroxylation is 2. The second kappa shape index (κ2) is 7.09. The van der Waals surface area contributed by atoms with E-state index in [4.69, 9.17) is 0 Å². The molecule has 132 valence electrons. The maximum atomic E-state index is 13.4. The first kappa shape index (κ1) is 17.2. The summed E-state index contributed by atoms with van der Waals surface area (Å²) in [5.41, 5.74) is 2.03. The van der Waals surface area contributed by atoms with Gasteiger partial charge >= 0.3 is 0 Å². The smallest absolute Gasteiger partial charge is 0.268 e. The van der Waals surface area contributed by atoms with Crippen LogP contribution in [0.2, 0.25) is 0 Å². The van der Waals surface area contributed by atoms with Crippen LogP contribution in [0.5, 0.6) is 0 Å². The van der Waals surface area contributed by atoms with Gasteiger partial charge in [0.05, 0.1) is 0 Å². The van der Waals surface area contributed by atoms with Gasteiger partial charge in [-0.05, 0) is 37.1 Å². The molecule has 3 aromatic rings. The molecule has 25 heavy (non-hydrogen) atoms. The minimum absolute atomic E-state index is 0.163. The minimum atomic E-state index is -0.303. The van der Waals surface area contributed by atoms with Gasteiger partial charge in [0.2, 0.25) is 0 Å². The predicted octanol–water partition coefficient (Wildman–Crippen LogP) is 3.76. The first-order valence-corrected chi connectivity index (χ1v) is 8.54. The van der Waals surface area contributed by atoms with Gasteiger partial charge in [-0.15, -0.1) is 0 Å². The van der Waals surface area contributed by atoms with Crippen LogP contribution < -0.4 is 5.32 Å². The monoisotopic (exact) mass is 342 g/mol. The second-order valence-electron chi connectivity index (χ2n) is 6.56. The van der Waals surface area contributed by atoms with Crippen molar-refractivity contribution in [1.82, 2.24) is 19.9 Å². The third-order valence-corrected chi connectivity index (χ3v) is 4.37. The molecule has 0 saturated carbocycles. The van der Waals surface area contributed by atoms with Gasteiger partial charge in [-0.25, -0.2) is 9.37 Å². The minimum Gasteiger partial charge on any atom is -0.351 e. The SMILES string of the molecule is Cc1c(C(=O)NCCCn2ccnc2C(C)C)[nH]c2ccc(F)cc12. The van der Waals surface area contributed by atoms with Gasteiger partial charge < -0.3 is 14.9 Å². The van der Waals surface area contributed by atoms with E-state index < -0.39 is 0 Å². The molecular formula is C19H23FN4O. The Morgan fingerprint density at radius 3 is 2.96 bits per heavy atom. The first-order valence-electron chi connectivity index (χ1n) is 8.54. The molecule has 0 saturated heterocycles. The van der Waals surface area contributed by atoms with Crippen molar-refractivity contribution < 1.29 is 9.18 Å². The number of benzene rings is 1. The fourth-order valence-electron chi connectivity index (χ4n) is 3.08. The van der Waals surface area contributed by atoms with Crippen molar-refractivity contribution in [2.24, 2.45) is 0 Å². The molecule has 0 spiro atoms. The molecule has 0 aliphatic rings. The van der Waals surface area contributed by atoms with Crippen LogP contribution in [0.1, 0.15) is 48.1 Å². The van der Waals surface area contributed by atoms with E-state index in [1.54, 1.807) is 12.3 Å². The third-order valence-electron chi connectivity index (χ3n) is 4.37. The molecule has 5 nitrogen and oxygen atoms in total. The molecule has 0 unspecified atom stereocenters. The maximum Gasteiger partial charge on any atom is 0.268 e. The third kappa shape index (κ3) is 3.57. The number of nitrogens with one attached hydrogen (secondary N) is 2. The molecule has 6 heteroatoms.